The van der Waals surface area contributed by atoms with E-state index < -0.39 is 0 Å². The molecule has 0 saturated carbocycles. The number of hydrogen-bond acceptors (Lipinski definition) is 3. The molecule has 1 aliphatic rings. The zero-order chi connectivity index (χ0) is 16.0. The molecule has 0 unspecified atom stereocenters. The molecule has 2 aromatic heterocycles. The third-order valence-electron chi connectivity index (χ3n) is 4.42. The van der Waals surface area contributed by atoms with E-state index in [2.05, 4.69) is 18.0 Å². The van der Waals surface area contributed by atoms with Crippen LogP contribution in [0.2, 0.25) is 5.15 Å². The van der Waals surface area contributed by atoms with Crippen molar-refractivity contribution in [2.75, 3.05) is 13.1 Å². The SMILES string of the molecule is Cc1ccc2nc(Cl)c3cc(C(=O)N4CCCCC4)sc3c2c1. The van der Waals surface area contributed by atoms with Crippen molar-refractivity contribution < 1.29 is 4.79 Å². The lowest BCUT2D eigenvalue weighted by Crippen LogP contribution is -2.35. The molecule has 5 heteroatoms. The van der Waals surface area contributed by atoms with E-state index in [9.17, 15) is 4.79 Å². The van der Waals surface area contributed by atoms with Crippen LogP contribution in [0.4, 0.5) is 0 Å². The Kier molecular flexibility index (Phi) is 3.74. The molecule has 1 saturated heterocycles. The van der Waals surface area contributed by atoms with E-state index in [4.69, 9.17) is 11.6 Å². The van der Waals surface area contributed by atoms with Crippen LogP contribution < -0.4 is 0 Å². The maximum absolute atomic E-state index is 12.8. The van der Waals surface area contributed by atoms with E-state index in [1.807, 2.05) is 23.1 Å². The minimum absolute atomic E-state index is 0.128. The molecule has 0 atom stereocenters. The Morgan fingerprint density at radius 1 is 1.17 bits per heavy atom. The van der Waals surface area contributed by atoms with Crippen LogP contribution >= 0.6 is 22.9 Å². The molecule has 1 aromatic carbocycles. The molecule has 118 valence electrons. The van der Waals surface area contributed by atoms with Crippen molar-refractivity contribution in [2.24, 2.45) is 0 Å². The van der Waals surface area contributed by atoms with Gasteiger partial charge in [-0.3, -0.25) is 4.79 Å². The summed E-state index contributed by atoms with van der Waals surface area (Å²) in [6.07, 6.45) is 3.41. The molecule has 3 heterocycles. The minimum Gasteiger partial charge on any atom is -0.338 e. The van der Waals surface area contributed by atoms with E-state index >= 15 is 0 Å². The largest absolute Gasteiger partial charge is 0.338 e. The van der Waals surface area contributed by atoms with E-state index in [1.165, 1.54) is 23.3 Å². The molecule has 0 bridgehead atoms. The standard InChI is InChI=1S/C18H17ClN2OS/c1-11-5-6-14-12(9-11)16-13(17(19)20-14)10-15(23-16)18(22)21-7-3-2-4-8-21/h5-6,9-10H,2-4,7-8H2,1H3. The molecular formula is C18H17ClN2OS. The fourth-order valence-electron chi connectivity index (χ4n) is 3.20. The third-order valence-corrected chi connectivity index (χ3v) is 5.87. The number of aryl methyl sites for hydroxylation is 1. The summed E-state index contributed by atoms with van der Waals surface area (Å²) in [5.74, 6) is 0.128. The number of nitrogens with zero attached hydrogens (tertiary/aromatic N) is 2. The van der Waals surface area contributed by atoms with Gasteiger partial charge in [0.25, 0.3) is 5.91 Å². The summed E-state index contributed by atoms with van der Waals surface area (Å²) in [7, 11) is 0. The topological polar surface area (TPSA) is 33.2 Å². The molecular weight excluding hydrogens is 328 g/mol. The zero-order valence-electron chi connectivity index (χ0n) is 12.9. The van der Waals surface area contributed by atoms with Crippen LogP contribution in [-0.2, 0) is 0 Å². The van der Waals surface area contributed by atoms with E-state index in [0.29, 0.717) is 5.15 Å². The van der Waals surface area contributed by atoms with Gasteiger partial charge in [0.15, 0.2) is 0 Å². The Bertz CT molecular complexity index is 912. The normalized spacial score (nSPS) is 15.5. The second kappa shape index (κ2) is 5.77. The number of fused-ring (bicyclic) bond motifs is 3. The number of piperidine rings is 1. The molecule has 4 rings (SSSR count). The summed E-state index contributed by atoms with van der Waals surface area (Å²) in [5, 5.41) is 2.44. The summed E-state index contributed by atoms with van der Waals surface area (Å²) in [5.41, 5.74) is 2.06. The lowest BCUT2D eigenvalue weighted by molar-refractivity contribution is 0.0729. The number of amides is 1. The van der Waals surface area contributed by atoms with Crippen molar-refractivity contribution in [1.82, 2.24) is 9.88 Å². The van der Waals surface area contributed by atoms with Gasteiger partial charge < -0.3 is 4.90 Å². The molecule has 0 radical (unpaired) electrons. The lowest BCUT2D eigenvalue weighted by atomic mass is 10.1. The van der Waals surface area contributed by atoms with Crippen molar-refractivity contribution in [3.05, 3.63) is 39.9 Å². The Hall–Kier alpha value is -1.65. The Balaban J connectivity index is 1.86. The fourth-order valence-corrected chi connectivity index (χ4v) is 4.65. The number of carbonyl (C=O) groups is 1. The van der Waals surface area contributed by atoms with E-state index in [0.717, 1.165) is 51.8 Å². The highest BCUT2D eigenvalue weighted by Gasteiger charge is 2.21. The predicted molar refractivity (Wildman–Crippen MR) is 96.6 cm³/mol. The molecule has 1 fully saturated rings. The molecule has 0 aliphatic carbocycles. The van der Waals surface area contributed by atoms with Crippen LogP contribution in [-0.4, -0.2) is 28.9 Å². The number of aromatic nitrogens is 1. The number of likely N-dealkylation sites (tertiary alicyclic amines) is 1. The van der Waals surface area contributed by atoms with Gasteiger partial charge in [0, 0.05) is 28.6 Å². The number of pyridine rings is 1. The number of rotatable bonds is 1. The van der Waals surface area contributed by atoms with Gasteiger partial charge in [0.1, 0.15) is 5.15 Å². The van der Waals surface area contributed by atoms with Crippen molar-refractivity contribution >= 4 is 49.8 Å². The lowest BCUT2D eigenvalue weighted by Gasteiger charge is -2.26. The predicted octanol–water partition coefficient (Wildman–Crippen LogP) is 5.04. The number of carbonyl (C=O) groups excluding carboxylic acids is 1. The van der Waals surface area contributed by atoms with Crippen molar-refractivity contribution in [1.29, 1.82) is 0 Å². The Morgan fingerprint density at radius 2 is 1.96 bits per heavy atom. The second-order valence-electron chi connectivity index (χ2n) is 6.13. The Labute approximate surface area is 143 Å². The molecule has 1 amide bonds. The minimum atomic E-state index is 0.128. The highest BCUT2D eigenvalue weighted by molar-refractivity contribution is 7.21. The van der Waals surface area contributed by atoms with Gasteiger partial charge in [-0.1, -0.05) is 23.2 Å². The maximum Gasteiger partial charge on any atom is 0.263 e. The molecule has 3 nitrogen and oxygen atoms in total. The van der Waals surface area contributed by atoms with Crippen LogP contribution in [0.3, 0.4) is 0 Å². The van der Waals surface area contributed by atoms with Gasteiger partial charge in [0.2, 0.25) is 0 Å². The summed E-state index contributed by atoms with van der Waals surface area (Å²) in [4.78, 5) is 20.0. The molecule has 0 spiro atoms. The van der Waals surface area contributed by atoms with Gasteiger partial charge in [0.05, 0.1) is 10.4 Å². The number of halogens is 1. The first-order valence-electron chi connectivity index (χ1n) is 7.92. The highest BCUT2D eigenvalue weighted by atomic mass is 35.5. The van der Waals surface area contributed by atoms with Gasteiger partial charge in [-0.2, -0.15) is 0 Å². The van der Waals surface area contributed by atoms with Crippen molar-refractivity contribution in [3.63, 3.8) is 0 Å². The molecule has 0 N–H and O–H groups in total. The molecule has 23 heavy (non-hydrogen) atoms. The average Bonchev–Trinajstić information content (AvgIpc) is 3.02. The van der Waals surface area contributed by atoms with Crippen molar-refractivity contribution in [2.45, 2.75) is 26.2 Å². The summed E-state index contributed by atoms with van der Waals surface area (Å²) >= 11 is 7.89. The summed E-state index contributed by atoms with van der Waals surface area (Å²) in [6.45, 7) is 3.78. The smallest absolute Gasteiger partial charge is 0.263 e. The first kappa shape index (κ1) is 14.9. The van der Waals surface area contributed by atoms with Crippen LogP contribution in [0.25, 0.3) is 21.0 Å². The van der Waals surface area contributed by atoms with Crippen LogP contribution in [0.15, 0.2) is 24.3 Å². The van der Waals surface area contributed by atoms with E-state index in [1.54, 1.807) is 0 Å². The van der Waals surface area contributed by atoms with Gasteiger partial charge in [-0.05, 0) is 44.4 Å². The van der Waals surface area contributed by atoms with Crippen LogP contribution in [0.5, 0.6) is 0 Å². The average molecular weight is 345 g/mol. The number of hydrogen-bond donors (Lipinski definition) is 0. The fraction of sp³-hybridized carbons (Fsp3) is 0.333. The van der Waals surface area contributed by atoms with Crippen molar-refractivity contribution in [3.8, 4) is 0 Å². The number of benzene rings is 1. The first-order valence-corrected chi connectivity index (χ1v) is 9.11. The third kappa shape index (κ3) is 2.60. The second-order valence-corrected chi connectivity index (χ2v) is 7.54. The van der Waals surface area contributed by atoms with Crippen LogP contribution in [0, 0.1) is 6.92 Å². The monoisotopic (exact) mass is 344 g/mol. The first-order chi connectivity index (χ1) is 11.1. The highest BCUT2D eigenvalue weighted by Crippen LogP contribution is 2.36. The molecule has 3 aromatic rings. The summed E-state index contributed by atoms with van der Waals surface area (Å²) < 4.78 is 1.06. The van der Waals surface area contributed by atoms with Gasteiger partial charge in [-0.25, -0.2) is 4.98 Å². The van der Waals surface area contributed by atoms with E-state index in [-0.39, 0.29) is 5.91 Å². The number of thiophene rings is 1. The summed E-state index contributed by atoms with van der Waals surface area (Å²) in [6, 6.07) is 8.05. The quantitative estimate of drug-likeness (QED) is 0.579. The van der Waals surface area contributed by atoms with Crippen LogP contribution in [0.1, 0.15) is 34.5 Å². The maximum atomic E-state index is 12.8. The van der Waals surface area contributed by atoms with Gasteiger partial charge >= 0.3 is 0 Å². The zero-order valence-corrected chi connectivity index (χ0v) is 14.5. The Morgan fingerprint density at radius 3 is 2.74 bits per heavy atom. The molecule has 1 aliphatic heterocycles. The van der Waals surface area contributed by atoms with Gasteiger partial charge in [-0.15, -0.1) is 11.3 Å².